The van der Waals surface area contributed by atoms with Gasteiger partial charge in [-0.25, -0.2) is 9.78 Å². The van der Waals surface area contributed by atoms with Crippen molar-refractivity contribution in [1.82, 2.24) is 14.5 Å². The Morgan fingerprint density at radius 3 is 2.90 bits per heavy atom. The van der Waals surface area contributed by atoms with Gasteiger partial charge >= 0.3 is 16.9 Å². The van der Waals surface area contributed by atoms with Crippen LogP contribution in [0.5, 0.6) is 5.88 Å². The minimum Gasteiger partial charge on any atom is -0.481 e. The zero-order chi connectivity index (χ0) is 14.7. The van der Waals surface area contributed by atoms with Gasteiger partial charge in [0.15, 0.2) is 0 Å². The fourth-order valence-corrected chi connectivity index (χ4v) is 1.66. The Morgan fingerprint density at radius 1 is 1.50 bits per heavy atom. The predicted molar refractivity (Wildman–Crippen MR) is 67.9 cm³/mol. The molecule has 104 valence electrons. The van der Waals surface area contributed by atoms with Crippen LogP contribution in [0.3, 0.4) is 0 Å². The summed E-state index contributed by atoms with van der Waals surface area (Å²) in [5.41, 5.74) is -1.92. The lowest BCUT2D eigenvalue weighted by Gasteiger charge is -2.08. The van der Waals surface area contributed by atoms with E-state index >= 15 is 0 Å². The van der Waals surface area contributed by atoms with E-state index in [4.69, 9.17) is 4.74 Å². The van der Waals surface area contributed by atoms with Crippen LogP contribution in [0.15, 0.2) is 34.1 Å². The van der Waals surface area contributed by atoms with E-state index in [9.17, 15) is 19.7 Å². The average molecular weight is 278 g/mol. The van der Waals surface area contributed by atoms with Gasteiger partial charge in [0.25, 0.3) is 0 Å². The molecule has 20 heavy (non-hydrogen) atoms. The molecule has 1 N–H and O–H groups in total. The molecule has 0 bridgehead atoms. The van der Waals surface area contributed by atoms with Crippen LogP contribution in [-0.4, -0.2) is 26.6 Å². The number of aromatic amines is 1. The number of nitrogens with zero attached hydrogens (tertiary/aromatic N) is 3. The Labute approximate surface area is 111 Å². The monoisotopic (exact) mass is 278 g/mol. The summed E-state index contributed by atoms with van der Waals surface area (Å²) >= 11 is 0. The van der Waals surface area contributed by atoms with E-state index in [1.165, 1.54) is 13.3 Å². The number of hydrogen-bond donors (Lipinski definition) is 1. The smallest absolute Gasteiger partial charge is 0.350 e. The fraction of sp³-hybridized carbons (Fsp3) is 0.182. The van der Waals surface area contributed by atoms with Crippen molar-refractivity contribution in [2.45, 2.75) is 6.54 Å². The molecule has 0 aliphatic heterocycles. The van der Waals surface area contributed by atoms with E-state index in [-0.39, 0.29) is 6.54 Å². The quantitative estimate of drug-likeness (QED) is 0.615. The highest BCUT2D eigenvalue weighted by atomic mass is 16.6. The third-order valence-corrected chi connectivity index (χ3v) is 2.57. The highest BCUT2D eigenvalue weighted by molar-refractivity contribution is 5.27. The molecule has 2 aromatic heterocycles. The predicted octanol–water partition coefficient (Wildman–Crippen LogP) is -0.103. The molecule has 0 atom stereocenters. The van der Waals surface area contributed by atoms with Gasteiger partial charge in [0, 0.05) is 11.8 Å². The number of H-pyrrole nitrogens is 1. The van der Waals surface area contributed by atoms with Gasteiger partial charge in [-0.05, 0) is 6.07 Å². The first-order chi connectivity index (χ1) is 9.52. The van der Waals surface area contributed by atoms with Crippen LogP contribution < -0.4 is 16.0 Å². The number of hydrogen-bond acceptors (Lipinski definition) is 6. The van der Waals surface area contributed by atoms with Crippen LogP contribution in [0.25, 0.3) is 0 Å². The Morgan fingerprint density at radius 2 is 2.25 bits per heavy atom. The van der Waals surface area contributed by atoms with Gasteiger partial charge < -0.3 is 4.74 Å². The van der Waals surface area contributed by atoms with Crippen LogP contribution in [0, 0.1) is 10.1 Å². The van der Waals surface area contributed by atoms with Gasteiger partial charge in [-0.2, -0.15) is 0 Å². The number of nitrogens with one attached hydrogen (secondary N) is 1. The summed E-state index contributed by atoms with van der Waals surface area (Å²) in [5, 5.41) is 10.7. The molecule has 0 aliphatic carbocycles. The maximum Gasteiger partial charge on any atom is 0.350 e. The zero-order valence-electron chi connectivity index (χ0n) is 10.4. The van der Waals surface area contributed by atoms with Crippen molar-refractivity contribution in [3.05, 3.63) is 61.0 Å². The molecule has 2 heterocycles. The minimum atomic E-state index is -1.03. The number of nitro groups is 1. The molecule has 2 rings (SSSR count). The Balaban J connectivity index is 2.49. The van der Waals surface area contributed by atoms with Gasteiger partial charge in [-0.15, -0.1) is 0 Å². The second-order valence-corrected chi connectivity index (χ2v) is 3.83. The summed E-state index contributed by atoms with van der Waals surface area (Å²) in [6.07, 6.45) is 2.41. The van der Waals surface area contributed by atoms with Gasteiger partial charge in [-0.1, -0.05) is 6.07 Å². The van der Waals surface area contributed by atoms with E-state index in [2.05, 4.69) is 4.98 Å². The molecule has 0 amide bonds. The van der Waals surface area contributed by atoms with E-state index in [1.807, 2.05) is 4.98 Å². The summed E-state index contributed by atoms with van der Waals surface area (Å²) in [5.74, 6) is 0.299. The lowest BCUT2D eigenvalue weighted by atomic mass is 10.2. The van der Waals surface area contributed by atoms with Gasteiger partial charge in [-0.3, -0.25) is 24.5 Å². The van der Waals surface area contributed by atoms with Crippen LogP contribution in [0.4, 0.5) is 5.69 Å². The SMILES string of the molecule is COc1ncccc1Cn1cc([N+](=O)[O-])c(=O)[nH]c1=O. The van der Waals surface area contributed by atoms with Crippen molar-refractivity contribution in [2.75, 3.05) is 7.11 Å². The number of methoxy groups -OCH3 is 1. The summed E-state index contributed by atoms with van der Waals surface area (Å²) in [7, 11) is 1.42. The molecule has 0 aromatic carbocycles. The standard InChI is InChI=1S/C11H10N4O5/c1-20-10-7(3-2-4-12-10)5-14-6-8(15(18)19)9(16)13-11(14)17/h2-4,6H,5H2,1H3,(H,13,16,17). The van der Waals surface area contributed by atoms with Crippen LogP contribution >= 0.6 is 0 Å². The second kappa shape index (κ2) is 5.34. The highest BCUT2D eigenvalue weighted by Crippen LogP contribution is 2.14. The normalized spacial score (nSPS) is 10.2. The minimum absolute atomic E-state index is 0.00648. The summed E-state index contributed by atoms with van der Waals surface area (Å²) in [6.45, 7) is -0.00648. The van der Waals surface area contributed by atoms with Crippen molar-refractivity contribution in [1.29, 1.82) is 0 Å². The topological polar surface area (TPSA) is 120 Å². The average Bonchev–Trinajstić information content (AvgIpc) is 2.42. The van der Waals surface area contributed by atoms with Crippen molar-refractivity contribution in [2.24, 2.45) is 0 Å². The van der Waals surface area contributed by atoms with Crippen molar-refractivity contribution in [3.63, 3.8) is 0 Å². The Hall–Kier alpha value is -2.97. The summed E-state index contributed by atoms with van der Waals surface area (Å²) in [4.78, 5) is 38.6. The molecule has 0 radical (unpaired) electrons. The van der Waals surface area contributed by atoms with Gasteiger partial charge in [0.2, 0.25) is 5.88 Å². The number of rotatable bonds is 4. The number of aromatic nitrogens is 3. The lowest BCUT2D eigenvalue weighted by molar-refractivity contribution is -0.386. The molecule has 0 fully saturated rings. The molecule has 0 unspecified atom stereocenters. The Kier molecular flexibility index (Phi) is 3.60. The largest absolute Gasteiger partial charge is 0.481 e. The number of ether oxygens (including phenoxy) is 1. The van der Waals surface area contributed by atoms with Crippen molar-refractivity contribution < 1.29 is 9.66 Å². The van der Waals surface area contributed by atoms with E-state index < -0.39 is 21.9 Å². The van der Waals surface area contributed by atoms with Crippen molar-refractivity contribution >= 4 is 5.69 Å². The highest BCUT2D eigenvalue weighted by Gasteiger charge is 2.15. The zero-order valence-corrected chi connectivity index (χ0v) is 10.4. The fourth-order valence-electron chi connectivity index (χ4n) is 1.66. The third kappa shape index (κ3) is 2.55. The maximum atomic E-state index is 11.6. The first-order valence-electron chi connectivity index (χ1n) is 5.49. The molecule has 0 aliphatic rings. The van der Waals surface area contributed by atoms with Crippen LogP contribution in [0.1, 0.15) is 5.56 Å². The third-order valence-electron chi connectivity index (χ3n) is 2.57. The summed E-state index contributed by atoms with van der Waals surface area (Å²) in [6, 6.07) is 3.30. The van der Waals surface area contributed by atoms with Gasteiger partial charge in [0.1, 0.15) is 0 Å². The molecule has 0 saturated carbocycles. The lowest BCUT2D eigenvalue weighted by Crippen LogP contribution is -2.31. The first kappa shape index (κ1) is 13.5. The Bertz CT molecular complexity index is 764. The first-order valence-corrected chi connectivity index (χ1v) is 5.49. The van der Waals surface area contributed by atoms with Gasteiger partial charge in [0.05, 0.1) is 24.8 Å². The molecular weight excluding hydrogens is 268 g/mol. The number of pyridine rings is 1. The van der Waals surface area contributed by atoms with Crippen molar-refractivity contribution in [3.8, 4) is 5.88 Å². The molecule has 9 nitrogen and oxygen atoms in total. The van der Waals surface area contributed by atoms with Crippen LogP contribution in [-0.2, 0) is 6.54 Å². The molecule has 9 heteroatoms. The summed E-state index contributed by atoms with van der Waals surface area (Å²) < 4.78 is 6.04. The molecule has 2 aromatic rings. The maximum absolute atomic E-state index is 11.6. The van der Waals surface area contributed by atoms with E-state index in [0.717, 1.165) is 10.8 Å². The molecule has 0 saturated heterocycles. The van der Waals surface area contributed by atoms with Crippen LogP contribution in [0.2, 0.25) is 0 Å². The second-order valence-electron chi connectivity index (χ2n) is 3.83. The molecule has 0 spiro atoms. The van der Waals surface area contributed by atoms with E-state index in [1.54, 1.807) is 12.1 Å². The molecular formula is C11H10N4O5. The van der Waals surface area contributed by atoms with E-state index in [0.29, 0.717) is 11.4 Å².